The number of benzene rings is 4. The third kappa shape index (κ3) is 5.23. The van der Waals surface area contributed by atoms with Crippen LogP contribution in [0.1, 0.15) is 12.8 Å². The standard InChI is InChI=1S/C30H25NO5/c1-34-24-14-15-28-26(18-24)27(32)19-29(36-28)21-8-11-23(12-9-21)31-30(33)7-4-16-35-25-13-10-20-5-2-3-6-22(20)17-25/h2-3,5-6,8-15,17-19H,4,7,16H2,1H3,(H,31,33). The van der Waals surface area contributed by atoms with Crippen LogP contribution < -0.4 is 20.2 Å². The predicted octanol–water partition coefficient (Wildman–Crippen LogP) is 6.42. The number of fused-ring (bicyclic) bond motifs is 2. The van der Waals surface area contributed by atoms with Gasteiger partial charge in [-0.25, -0.2) is 0 Å². The number of anilines is 1. The molecule has 1 amide bonds. The van der Waals surface area contributed by atoms with Crippen LogP contribution in [-0.2, 0) is 4.79 Å². The molecule has 0 aliphatic heterocycles. The fourth-order valence-corrected chi connectivity index (χ4v) is 4.03. The van der Waals surface area contributed by atoms with Gasteiger partial charge in [-0.3, -0.25) is 9.59 Å². The van der Waals surface area contributed by atoms with Crippen LogP contribution in [0.3, 0.4) is 0 Å². The fraction of sp³-hybridized carbons (Fsp3) is 0.133. The molecule has 0 aliphatic rings. The normalized spacial score (nSPS) is 10.9. The van der Waals surface area contributed by atoms with E-state index in [1.165, 1.54) is 11.5 Å². The second-order valence-electron chi connectivity index (χ2n) is 8.42. The monoisotopic (exact) mass is 479 g/mol. The number of carbonyl (C=O) groups excluding carboxylic acids is 1. The number of hydrogen-bond donors (Lipinski definition) is 1. The van der Waals surface area contributed by atoms with Gasteiger partial charge in [-0.15, -0.1) is 0 Å². The van der Waals surface area contributed by atoms with Crippen LogP contribution in [-0.4, -0.2) is 19.6 Å². The van der Waals surface area contributed by atoms with Crippen molar-refractivity contribution < 1.29 is 18.7 Å². The summed E-state index contributed by atoms with van der Waals surface area (Å²) in [5.74, 6) is 1.77. The van der Waals surface area contributed by atoms with Gasteiger partial charge in [0.15, 0.2) is 5.43 Å². The average Bonchev–Trinajstić information content (AvgIpc) is 2.91. The van der Waals surface area contributed by atoms with Crippen molar-refractivity contribution in [2.75, 3.05) is 19.0 Å². The van der Waals surface area contributed by atoms with Gasteiger partial charge in [-0.2, -0.15) is 0 Å². The lowest BCUT2D eigenvalue weighted by molar-refractivity contribution is -0.116. The van der Waals surface area contributed by atoms with Crippen molar-refractivity contribution in [2.24, 2.45) is 0 Å². The Morgan fingerprint density at radius 1 is 0.861 bits per heavy atom. The molecular formula is C30H25NO5. The highest BCUT2D eigenvalue weighted by Crippen LogP contribution is 2.26. The molecule has 0 fully saturated rings. The van der Waals surface area contributed by atoms with Gasteiger partial charge >= 0.3 is 0 Å². The molecule has 1 aromatic heterocycles. The van der Waals surface area contributed by atoms with Crippen molar-refractivity contribution in [1.29, 1.82) is 0 Å². The van der Waals surface area contributed by atoms with Crippen molar-refractivity contribution in [3.05, 3.63) is 101 Å². The summed E-state index contributed by atoms with van der Waals surface area (Å²) in [6, 6.07) is 27.9. The summed E-state index contributed by atoms with van der Waals surface area (Å²) in [6.07, 6.45) is 0.947. The summed E-state index contributed by atoms with van der Waals surface area (Å²) in [6.45, 7) is 0.456. The first kappa shape index (κ1) is 23.2. The second kappa shape index (κ2) is 10.4. The molecule has 0 saturated heterocycles. The Morgan fingerprint density at radius 2 is 1.64 bits per heavy atom. The Bertz CT molecular complexity index is 1590. The summed E-state index contributed by atoms with van der Waals surface area (Å²) in [7, 11) is 1.55. The zero-order chi connectivity index (χ0) is 24.9. The summed E-state index contributed by atoms with van der Waals surface area (Å²) in [5, 5.41) is 5.65. The SMILES string of the molecule is COc1ccc2oc(-c3ccc(NC(=O)CCCOc4ccc5ccccc5c4)cc3)cc(=O)c2c1. The first-order valence-corrected chi connectivity index (χ1v) is 11.7. The van der Waals surface area contributed by atoms with Crippen LogP contribution in [0.2, 0.25) is 0 Å². The zero-order valence-electron chi connectivity index (χ0n) is 19.8. The minimum Gasteiger partial charge on any atom is -0.497 e. The van der Waals surface area contributed by atoms with E-state index in [4.69, 9.17) is 13.9 Å². The molecule has 0 saturated carbocycles. The molecule has 1 N–H and O–H groups in total. The Hall–Kier alpha value is -4.58. The second-order valence-corrected chi connectivity index (χ2v) is 8.42. The number of methoxy groups -OCH3 is 1. The van der Waals surface area contributed by atoms with Gasteiger partial charge < -0.3 is 19.2 Å². The summed E-state index contributed by atoms with van der Waals surface area (Å²) >= 11 is 0. The predicted molar refractivity (Wildman–Crippen MR) is 142 cm³/mol. The Balaban J connectivity index is 1.15. The van der Waals surface area contributed by atoms with Gasteiger partial charge in [0.2, 0.25) is 5.91 Å². The maximum absolute atomic E-state index is 12.5. The molecular weight excluding hydrogens is 454 g/mol. The maximum Gasteiger partial charge on any atom is 0.224 e. The van der Waals surface area contributed by atoms with Gasteiger partial charge in [-0.05, 0) is 71.8 Å². The van der Waals surface area contributed by atoms with Crippen molar-refractivity contribution in [3.63, 3.8) is 0 Å². The highest BCUT2D eigenvalue weighted by molar-refractivity contribution is 5.91. The van der Waals surface area contributed by atoms with Crippen LogP contribution in [0, 0.1) is 0 Å². The molecule has 5 aromatic rings. The Kier molecular flexibility index (Phi) is 6.67. The molecule has 6 nitrogen and oxygen atoms in total. The molecule has 0 unspecified atom stereocenters. The molecule has 0 radical (unpaired) electrons. The first-order valence-electron chi connectivity index (χ1n) is 11.7. The van der Waals surface area contributed by atoms with Crippen LogP contribution in [0.5, 0.6) is 11.5 Å². The highest BCUT2D eigenvalue weighted by Gasteiger charge is 2.09. The zero-order valence-corrected chi connectivity index (χ0v) is 19.8. The maximum atomic E-state index is 12.5. The lowest BCUT2D eigenvalue weighted by Crippen LogP contribution is -2.12. The van der Waals surface area contributed by atoms with E-state index < -0.39 is 0 Å². The van der Waals surface area contributed by atoms with Gasteiger partial charge in [-0.1, -0.05) is 30.3 Å². The van der Waals surface area contributed by atoms with Crippen LogP contribution in [0.4, 0.5) is 5.69 Å². The van der Waals surface area contributed by atoms with Crippen molar-refractivity contribution >= 4 is 33.3 Å². The third-order valence-electron chi connectivity index (χ3n) is 5.93. The molecule has 5 rings (SSSR count). The largest absolute Gasteiger partial charge is 0.497 e. The van der Waals surface area contributed by atoms with Crippen LogP contribution >= 0.6 is 0 Å². The van der Waals surface area contributed by atoms with Crippen LogP contribution in [0.25, 0.3) is 33.1 Å². The molecule has 6 heteroatoms. The molecule has 0 spiro atoms. The lowest BCUT2D eigenvalue weighted by atomic mass is 10.1. The quantitative estimate of drug-likeness (QED) is 0.260. The average molecular weight is 480 g/mol. The van der Waals surface area contributed by atoms with E-state index in [2.05, 4.69) is 11.4 Å². The third-order valence-corrected chi connectivity index (χ3v) is 5.93. The number of carbonyl (C=O) groups is 1. The molecule has 0 atom stereocenters. The van der Waals surface area contributed by atoms with Gasteiger partial charge in [0.1, 0.15) is 22.8 Å². The molecule has 180 valence electrons. The molecule has 36 heavy (non-hydrogen) atoms. The number of nitrogens with one attached hydrogen (secondary N) is 1. The number of amides is 1. The van der Waals surface area contributed by atoms with Gasteiger partial charge in [0, 0.05) is 23.7 Å². The fourth-order valence-electron chi connectivity index (χ4n) is 4.03. The van der Waals surface area contributed by atoms with Crippen molar-refractivity contribution in [3.8, 4) is 22.8 Å². The van der Waals surface area contributed by atoms with E-state index >= 15 is 0 Å². The minimum absolute atomic E-state index is 0.0870. The number of hydrogen-bond acceptors (Lipinski definition) is 5. The Labute approximate surface area is 208 Å². The van der Waals surface area contributed by atoms with E-state index in [9.17, 15) is 9.59 Å². The van der Waals surface area contributed by atoms with Gasteiger partial charge in [0.05, 0.1) is 19.1 Å². The van der Waals surface area contributed by atoms with E-state index in [1.807, 2.05) is 48.5 Å². The number of ether oxygens (including phenoxy) is 2. The van der Waals surface area contributed by atoms with Crippen molar-refractivity contribution in [1.82, 2.24) is 0 Å². The lowest BCUT2D eigenvalue weighted by Gasteiger charge is -2.09. The first-order chi connectivity index (χ1) is 17.6. The van der Waals surface area contributed by atoms with E-state index in [-0.39, 0.29) is 11.3 Å². The number of rotatable bonds is 8. The summed E-state index contributed by atoms with van der Waals surface area (Å²) in [4.78, 5) is 24.9. The highest BCUT2D eigenvalue weighted by atomic mass is 16.5. The molecule has 4 aromatic carbocycles. The smallest absolute Gasteiger partial charge is 0.224 e. The van der Waals surface area contributed by atoms with E-state index in [0.29, 0.717) is 47.6 Å². The summed E-state index contributed by atoms with van der Waals surface area (Å²) in [5.41, 5.74) is 1.76. The van der Waals surface area contributed by atoms with Gasteiger partial charge in [0.25, 0.3) is 0 Å². The van der Waals surface area contributed by atoms with E-state index in [1.54, 1.807) is 37.4 Å². The minimum atomic E-state index is -0.145. The molecule has 1 heterocycles. The molecule has 0 aliphatic carbocycles. The Morgan fingerprint density at radius 3 is 2.44 bits per heavy atom. The van der Waals surface area contributed by atoms with Crippen LogP contribution in [0.15, 0.2) is 100 Å². The summed E-state index contributed by atoms with van der Waals surface area (Å²) < 4.78 is 16.9. The topological polar surface area (TPSA) is 77.8 Å². The van der Waals surface area contributed by atoms with Crippen molar-refractivity contribution in [2.45, 2.75) is 12.8 Å². The van der Waals surface area contributed by atoms with E-state index in [0.717, 1.165) is 16.7 Å². The molecule has 0 bridgehead atoms.